The summed E-state index contributed by atoms with van der Waals surface area (Å²) >= 11 is 0. The minimum atomic E-state index is 0.261. The van der Waals surface area contributed by atoms with Gasteiger partial charge in [0.1, 0.15) is 0 Å². The molecular formula is C13H25N3. The molecule has 92 valence electrons. The van der Waals surface area contributed by atoms with Gasteiger partial charge in [-0.3, -0.25) is 4.99 Å². The van der Waals surface area contributed by atoms with Crippen molar-refractivity contribution < 1.29 is 0 Å². The van der Waals surface area contributed by atoms with Crippen molar-refractivity contribution >= 4 is 5.96 Å². The number of nitrogens with zero attached hydrogens (tertiary/aromatic N) is 2. The van der Waals surface area contributed by atoms with Crippen molar-refractivity contribution in [2.24, 2.45) is 22.6 Å². The van der Waals surface area contributed by atoms with Crippen LogP contribution in [0.15, 0.2) is 4.99 Å². The van der Waals surface area contributed by atoms with E-state index in [1.54, 1.807) is 0 Å². The summed E-state index contributed by atoms with van der Waals surface area (Å²) in [4.78, 5) is 6.89. The van der Waals surface area contributed by atoms with Gasteiger partial charge in [0.15, 0.2) is 5.96 Å². The van der Waals surface area contributed by atoms with Crippen LogP contribution >= 0.6 is 0 Å². The Morgan fingerprint density at radius 2 is 2.00 bits per heavy atom. The van der Waals surface area contributed by atoms with E-state index in [1.165, 1.54) is 19.3 Å². The molecule has 2 atom stereocenters. The highest BCUT2D eigenvalue weighted by atomic mass is 15.4. The fourth-order valence-corrected chi connectivity index (χ4v) is 3.80. The average molecular weight is 223 g/mol. The van der Waals surface area contributed by atoms with E-state index in [0.717, 1.165) is 37.3 Å². The monoisotopic (exact) mass is 223 g/mol. The van der Waals surface area contributed by atoms with E-state index in [4.69, 9.17) is 5.73 Å². The third kappa shape index (κ3) is 1.92. The molecule has 0 aromatic carbocycles. The molecule has 1 aliphatic carbocycles. The van der Waals surface area contributed by atoms with Gasteiger partial charge in [-0.25, -0.2) is 0 Å². The fourth-order valence-electron chi connectivity index (χ4n) is 3.80. The van der Waals surface area contributed by atoms with Crippen LogP contribution in [-0.2, 0) is 0 Å². The Morgan fingerprint density at radius 3 is 2.56 bits per heavy atom. The van der Waals surface area contributed by atoms with Gasteiger partial charge in [0.2, 0.25) is 0 Å². The lowest BCUT2D eigenvalue weighted by molar-refractivity contribution is 0.0836. The van der Waals surface area contributed by atoms with Gasteiger partial charge in [0.25, 0.3) is 0 Å². The molecule has 0 aromatic rings. The van der Waals surface area contributed by atoms with Gasteiger partial charge in [0, 0.05) is 6.54 Å². The molecule has 0 radical (unpaired) electrons. The van der Waals surface area contributed by atoms with Gasteiger partial charge in [0.05, 0.1) is 12.1 Å². The maximum absolute atomic E-state index is 6.04. The SMILES string of the molecule is CCCN1C(N)=NCC12CC(C)CC(C)C2. The Hall–Kier alpha value is -0.730. The lowest BCUT2D eigenvalue weighted by Crippen LogP contribution is -2.55. The summed E-state index contributed by atoms with van der Waals surface area (Å²) in [7, 11) is 0. The molecule has 1 spiro atoms. The van der Waals surface area contributed by atoms with Crippen LogP contribution in [0.5, 0.6) is 0 Å². The van der Waals surface area contributed by atoms with Crippen LogP contribution in [0.2, 0.25) is 0 Å². The zero-order valence-electron chi connectivity index (χ0n) is 10.9. The molecule has 1 heterocycles. The van der Waals surface area contributed by atoms with Gasteiger partial charge in [-0.15, -0.1) is 0 Å². The van der Waals surface area contributed by atoms with Gasteiger partial charge < -0.3 is 10.6 Å². The van der Waals surface area contributed by atoms with Crippen LogP contribution < -0.4 is 5.73 Å². The first kappa shape index (κ1) is 11.7. The van der Waals surface area contributed by atoms with Crippen molar-refractivity contribution in [1.29, 1.82) is 0 Å². The average Bonchev–Trinajstić information content (AvgIpc) is 2.46. The second kappa shape index (κ2) is 4.27. The van der Waals surface area contributed by atoms with Crippen LogP contribution in [0.25, 0.3) is 0 Å². The summed E-state index contributed by atoms with van der Waals surface area (Å²) in [6.07, 6.45) is 5.05. The summed E-state index contributed by atoms with van der Waals surface area (Å²) < 4.78 is 0. The van der Waals surface area contributed by atoms with Crippen LogP contribution in [0, 0.1) is 11.8 Å². The molecular weight excluding hydrogens is 198 g/mol. The van der Waals surface area contributed by atoms with Crippen LogP contribution in [0.4, 0.5) is 0 Å². The highest BCUT2D eigenvalue weighted by Gasteiger charge is 2.45. The second-order valence-corrected chi connectivity index (χ2v) is 5.90. The predicted octanol–water partition coefficient (Wildman–Crippen LogP) is 2.22. The Kier molecular flexibility index (Phi) is 3.13. The second-order valence-electron chi connectivity index (χ2n) is 5.90. The molecule has 0 saturated heterocycles. The van der Waals surface area contributed by atoms with Crippen LogP contribution in [0.3, 0.4) is 0 Å². The molecule has 3 nitrogen and oxygen atoms in total. The van der Waals surface area contributed by atoms with E-state index in [-0.39, 0.29) is 5.54 Å². The maximum Gasteiger partial charge on any atom is 0.191 e. The van der Waals surface area contributed by atoms with E-state index < -0.39 is 0 Å². The molecule has 2 aliphatic rings. The topological polar surface area (TPSA) is 41.6 Å². The number of aliphatic imine (C=N–C) groups is 1. The van der Waals surface area contributed by atoms with Crippen molar-refractivity contribution in [2.45, 2.75) is 52.0 Å². The summed E-state index contributed by atoms with van der Waals surface area (Å²) in [5.74, 6) is 2.40. The third-order valence-electron chi connectivity index (χ3n) is 4.09. The molecule has 1 aliphatic heterocycles. The fraction of sp³-hybridized carbons (Fsp3) is 0.923. The minimum absolute atomic E-state index is 0.261. The van der Waals surface area contributed by atoms with E-state index in [0.29, 0.717) is 0 Å². The number of hydrogen-bond donors (Lipinski definition) is 1. The summed E-state index contributed by atoms with van der Waals surface area (Å²) in [6, 6.07) is 0. The first-order valence-corrected chi connectivity index (χ1v) is 6.65. The van der Waals surface area contributed by atoms with Crippen molar-refractivity contribution in [3.05, 3.63) is 0 Å². The molecule has 0 amide bonds. The first-order valence-electron chi connectivity index (χ1n) is 6.65. The maximum atomic E-state index is 6.04. The molecule has 0 aromatic heterocycles. The Bertz CT molecular complexity index is 275. The molecule has 3 heteroatoms. The van der Waals surface area contributed by atoms with Crippen LogP contribution in [-0.4, -0.2) is 29.5 Å². The molecule has 0 bridgehead atoms. The van der Waals surface area contributed by atoms with Crippen molar-refractivity contribution in [3.63, 3.8) is 0 Å². The zero-order chi connectivity index (χ0) is 11.8. The number of hydrogen-bond acceptors (Lipinski definition) is 3. The van der Waals surface area contributed by atoms with Gasteiger partial charge in [-0.05, 0) is 37.5 Å². The summed E-state index contributed by atoms with van der Waals surface area (Å²) in [5, 5.41) is 0. The van der Waals surface area contributed by atoms with Crippen LogP contribution in [0.1, 0.15) is 46.5 Å². The summed E-state index contributed by atoms with van der Waals surface area (Å²) in [5.41, 5.74) is 6.30. The molecule has 2 N–H and O–H groups in total. The number of nitrogens with two attached hydrogens (primary N) is 1. The van der Waals surface area contributed by atoms with E-state index >= 15 is 0 Å². The van der Waals surface area contributed by atoms with E-state index in [9.17, 15) is 0 Å². The number of guanidine groups is 1. The lowest BCUT2D eigenvalue weighted by Gasteiger charge is -2.46. The smallest absolute Gasteiger partial charge is 0.191 e. The molecule has 1 saturated carbocycles. The Labute approximate surface area is 99.1 Å². The van der Waals surface area contributed by atoms with Gasteiger partial charge >= 0.3 is 0 Å². The Balaban J connectivity index is 2.17. The van der Waals surface area contributed by atoms with Crippen molar-refractivity contribution in [1.82, 2.24) is 4.90 Å². The molecule has 2 rings (SSSR count). The zero-order valence-corrected chi connectivity index (χ0v) is 10.9. The van der Waals surface area contributed by atoms with Gasteiger partial charge in [-0.2, -0.15) is 0 Å². The third-order valence-corrected chi connectivity index (χ3v) is 4.09. The normalized spacial score (nSPS) is 39.2. The van der Waals surface area contributed by atoms with Crippen molar-refractivity contribution in [2.75, 3.05) is 13.1 Å². The lowest BCUT2D eigenvalue weighted by atomic mass is 9.71. The molecule has 1 fully saturated rings. The van der Waals surface area contributed by atoms with E-state index in [2.05, 4.69) is 30.7 Å². The van der Waals surface area contributed by atoms with E-state index in [1.807, 2.05) is 0 Å². The molecule has 2 unspecified atom stereocenters. The quantitative estimate of drug-likeness (QED) is 0.780. The number of rotatable bonds is 2. The predicted molar refractivity (Wildman–Crippen MR) is 68.4 cm³/mol. The standard InChI is InChI=1S/C13H25N3/c1-4-5-16-12(14)15-9-13(16)7-10(2)6-11(3)8-13/h10-11H,4-9H2,1-3H3,(H2,14,15). The largest absolute Gasteiger partial charge is 0.370 e. The van der Waals surface area contributed by atoms with Gasteiger partial charge in [-0.1, -0.05) is 20.8 Å². The Morgan fingerprint density at radius 1 is 1.38 bits per heavy atom. The molecule has 16 heavy (non-hydrogen) atoms. The highest BCUT2D eigenvalue weighted by Crippen LogP contribution is 2.42. The summed E-state index contributed by atoms with van der Waals surface area (Å²) in [6.45, 7) is 8.95. The van der Waals surface area contributed by atoms with Crippen molar-refractivity contribution in [3.8, 4) is 0 Å². The first-order chi connectivity index (χ1) is 7.57. The highest BCUT2D eigenvalue weighted by molar-refractivity contribution is 5.81. The minimum Gasteiger partial charge on any atom is -0.370 e.